The molecule has 10 heteroatoms. The minimum Gasteiger partial charge on any atom is -0.497 e. The molecule has 2 aromatic rings. The predicted molar refractivity (Wildman–Crippen MR) is 166 cm³/mol. The molecule has 1 heterocycles. The Hall–Kier alpha value is -3.60. The number of fused-ring (bicyclic) bond motifs is 5. The average Bonchev–Trinajstić information content (AvgIpc) is 3.79. The van der Waals surface area contributed by atoms with Crippen molar-refractivity contribution in [1.29, 1.82) is 0 Å². The third-order valence-corrected chi connectivity index (χ3v) is 10.3. The van der Waals surface area contributed by atoms with Gasteiger partial charge in [0, 0.05) is 30.6 Å². The highest BCUT2D eigenvalue weighted by Gasteiger charge is 2.52. The summed E-state index contributed by atoms with van der Waals surface area (Å²) < 4.78 is 17.4. The molecule has 3 aliphatic carbocycles. The molecule has 0 aromatic heterocycles. The summed E-state index contributed by atoms with van der Waals surface area (Å²) in [5.74, 6) is 2.01. The summed E-state index contributed by atoms with van der Waals surface area (Å²) in [4.78, 5) is 29.6. The van der Waals surface area contributed by atoms with Gasteiger partial charge in [-0.1, -0.05) is 18.6 Å². The van der Waals surface area contributed by atoms with Gasteiger partial charge in [0.25, 0.3) is 0 Å². The Labute approximate surface area is 264 Å². The zero-order chi connectivity index (χ0) is 31.7. The maximum atomic E-state index is 14.2. The fraction of sp³-hybridized carbons (Fsp3) is 0.543. The Balaban J connectivity index is 1.36. The van der Waals surface area contributed by atoms with E-state index in [0.717, 1.165) is 17.7 Å². The standard InChI is InChI=1S/C35H44N2O8/c1-43-25-5-3-4-20(14-25)8-10-37(30(40)17-24-13-21-6-7-23(24)12-21)28-18-27(35(42)36-9-11-38)31-26-15-22(19-39)16-29(44-2)33(26)45-34(31)32(28)41/h3-5,14-16,18,21,23-24,28,31-32,34,38-39,41H,6-13,17,19H2,1-2H3,(H,36,42). The molecule has 6 rings (SSSR count). The molecule has 1 aliphatic heterocycles. The van der Waals surface area contributed by atoms with Gasteiger partial charge in [0.05, 0.1) is 39.4 Å². The molecule has 2 aromatic carbocycles. The molecule has 4 N–H and O–H groups in total. The first kappa shape index (κ1) is 31.4. The number of nitrogens with zero attached hydrogens (tertiary/aromatic N) is 1. The summed E-state index contributed by atoms with van der Waals surface area (Å²) in [6.45, 7) is -0.0862. The predicted octanol–water partition coefficient (Wildman–Crippen LogP) is 2.72. The van der Waals surface area contributed by atoms with Gasteiger partial charge in [0.2, 0.25) is 11.8 Å². The van der Waals surface area contributed by atoms with Crippen molar-refractivity contribution in [1.82, 2.24) is 10.2 Å². The molecule has 10 nitrogen and oxygen atoms in total. The Morgan fingerprint density at radius 1 is 1.07 bits per heavy atom. The van der Waals surface area contributed by atoms with E-state index in [2.05, 4.69) is 5.32 Å². The second-order valence-electron chi connectivity index (χ2n) is 12.8. The average molecular weight is 621 g/mol. The van der Waals surface area contributed by atoms with Crippen LogP contribution >= 0.6 is 0 Å². The van der Waals surface area contributed by atoms with Crippen molar-refractivity contribution in [3.05, 3.63) is 64.7 Å². The number of aliphatic hydroxyl groups excluding tert-OH is 3. The van der Waals surface area contributed by atoms with Crippen molar-refractivity contribution < 1.29 is 39.1 Å². The lowest BCUT2D eigenvalue weighted by molar-refractivity contribution is -0.138. The third kappa shape index (κ3) is 6.15. The highest BCUT2D eigenvalue weighted by molar-refractivity contribution is 5.96. The first-order valence-electron chi connectivity index (χ1n) is 16.0. The number of ether oxygens (including phenoxy) is 3. The summed E-state index contributed by atoms with van der Waals surface area (Å²) >= 11 is 0. The van der Waals surface area contributed by atoms with Gasteiger partial charge >= 0.3 is 0 Å². The normalized spacial score (nSPS) is 27.7. The molecular formula is C35H44N2O8. The molecular weight excluding hydrogens is 576 g/mol. The fourth-order valence-electron chi connectivity index (χ4n) is 8.10. The van der Waals surface area contributed by atoms with E-state index in [4.69, 9.17) is 14.2 Å². The van der Waals surface area contributed by atoms with Crippen LogP contribution in [-0.4, -0.2) is 84.2 Å². The van der Waals surface area contributed by atoms with Gasteiger partial charge in [-0.3, -0.25) is 9.59 Å². The van der Waals surface area contributed by atoms with E-state index in [1.165, 1.54) is 26.4 Å². The number of aliphatic hydroxyl groups is 3. The van der Waals surface area contributed by atoms with E-state index in [-0.39, 0.29) is 25.7 Å². The van der Waals surface area contributed by atoms with E-state index >= 15 is 0 Å². The zero-order valence-electron chi connectivity index (χ0n) is 26.0. The van der Waals surface area contributed by atoms with E-state index in [1.807, 2.05) is 24.3 Å². The number of hydrogen-bond acceptors (Lipinski definition) is 8. The largest absolute Gasteiger partial charge is 0.497 e. The van der Waals surface area contributed by atoms with Gasteiger partial charge in [-0.25, -0.2) is 0 Å². The van der Waals surface area contributed by atoms with E-state index < -0.39 is 30.1 Å². The van der Waals surface area contributed by atoms with Gasteiger partial charge in [0.1, 0.15) is 18.0 Å². The number of rotatable bonds is 12. The molecule has 7 atom stereocenters. The minimum atomic E-state index is -1.15. The second-order valence-corrected chi connectivity index (χ2v) is 12.8. The molecule has 2 fully saturated rings. The first-order chi connectivity index (χ1) is 21.8. The summed E-state index contributed by atoms with van der Waals surface area (Å²) in [7, 11) is 3.12. The van der Waals surface area contributed by atoms with Gasteiger partial charge < -0.3 is 39.7 Å². The fourth-order valence-corrected chi connectivity index (χ4v) is 8.10. The van der Waals surface area contributed by atoms with Crippen molar-refractivity contribution in [3.8, 4) is 17.2 Å². The van der Waals surface area contributed by atoms with Crippen molar-refractivity contribution in [3.63, 3.8) is 0 Å². The number of benzene rings is 2. The van der Waals surface area contributed by atoms with Gasteiger partial charge in [-0.2, -0.15) is 0 Å². The monoisotopic (exact) mass is 620 g/mol. The molecule has 2 amide bonds. The smallest absolute Gasteiger partial charge is 0.247 e. The maximum absolute atomic E-state index is 14.2. The molecule has 7 unspecified atom stereocenters. The van der Waals surface area contributed by atoms with Crippen LogP contribution in [0.2, 0.25) is 0 Å². The van der Waals surface area contributed by atoms with Crippen LogP contribution in [0, 0.1) is 17.8 Å². The second kappa shape index (κ2) is 13.4. The minimum absolute atomic E-state index is 0.0417. The number of nitrogens with one attached hydrogen (secondary N) is 1. The summed E-state index contributed by atoms with van der Waals surface area (Å²) in [6.07, 6.45) is 5.30. The van der Waals surface area contributed by atoms with E-state index in [0.29, 0.717) is 65.3 Å². The third-order valence-electron chi connectivity index (χ3n) is 10.3. The molecule has 0 radical (unpaired) electrons. The topological polar surface area (TPSA) is 138 Å². The van der Waals surface area contributed by atoms with Crippen LogP contribution < -0.4 is 19.5 Å². The highest BCUT2D eigenvalue weighted by Crippen LogP contribution is 2.52. The van der Waals surface area contributed by atoms with Gasteiger partial charge in [-0.05, 0) is 84.9 Å². The van der Waals surface area contributed by atoms with E-state index in [1.54, 1.807) is 30.2 Å². The number of carbonyl (C=O) groups is 2. The Kier molecular flexibility index (Phi) is 9.35. The van der Waals surface area contributed by atoms with Gasteiger partial charge in [-0.15, -0.1) is 0 Å². The number of carbonyl (C=O) groups excluding carboxylic acids is 2. The quantitative estimate of drug-likeness (QED) is 0.284. The number of amides is 2. The zero-order valence-corrected chi connectivity index (χ0v) is 26.0. The van der Waals surface area contributed by atoms with Crippen LogP contribution in [0.25, 0.3) is 0 Å². The Morgan fingerprint density at radius 2 is 1.91 bits per heavy atom. The van der Waals surface area contributed by atoms with Crippen molar-refractivity contribution >= 4 is 11.8 Å². The molecule has 242 valence electrons. The first-order valence-corrected chi connectivity index (χ1v) is 16.0. The van der Waals surface area contributed by atoms with Crippen LogP contribution in [0.3, 0.4) is 0 Å². The highest BCUT2D eigenvalue weighted by atomic mass is 16.5. The van der Waals surface area contributed by atoms with Gasteiger partial charge in [0.15, 0.2) is 11.5 Å². The SMILES string of the molecule is COc1cccc(CCN(C(=O)CC2CC3CCC2C3)C2C=C(C(=O)NCCO)C3c4cc(CO)cc(OC)c4OC3C2O)c1. The summed E-state index contributed by atoms with van der Waals surface area (Å²) in [5, 5.41) is 34.1. The van der Waals surface area contributed by atoms with Crippen molar-refractivity contribution in [2.45, 2.75) is 69.3 Å². The van der Waals surface area contributed by atoms with Crippen LogP contribution in [-0.2, 0) is 22.6 Å². The molecule has 2 bridgehead atoms. The molecule has 45 heavy (non-hydrogen) atoms. The lowest BCUT2D eigenvalue weighted by Gasteiger charge is -2.41. The molecule has 4 aliphatic rings. The summed E-state index contributed by atoms with van der Waals surface area (Å²) in [5.41, 5.74) is 2.55. The van der Waals surface area contributed by atoms with Crippen LogP contribution in [0.5, 0.6) is 17.2 Å². The van der Waals surface area contributed by atoms with Crippen LogP contribution in [0.15, 0.2) is 48.0 Å². The number of methoxy groups -OCH3 is 2. The molecule has 0 saturated heterocycles. The van der Waals surface area contributed by atoms with Crippen LogP contribution in [0.1, 0.15) is 54.7 Å². The Morgan fingerprint density at radius 3 is 2.60 bits per heavy atom. The van der Waals surface area contributed by atoms with E-state index in [9.17, 15) is 24.9 Å². The van der Waals surface area contributed by atoms with Crippen LogP contribution in [0.4, 0.5) is 0 Å². The van der Waals surface area contributed by atoms with Crippen molar-refractivity contribution in [2.75, 3.05) is 33.9 Å². The lowest BCUT2D eigenvalue weighted by atomic mass is 9.77. The maximum Gasteiger partial charge on any atom is 0.247 e. The number of hydrogen-bond donors (Lipinski definition) is 4. The Bertz CT molecular complexity index is 1440. The molecule has 2 saturated carbocycles. The summed E-state index contributed by atoms with van der Waals surface area (Å²) in [6, 6.07) is 10.3. The van der Waals surface area contributed by atoms with Crippen molar-refractivity contribution in [2.24, 2.45) is 17.8 Å². The lowest BCUT2D eigenvalue weighted by Crippen LogP contribution is -2.56. The molecule has 0 spiro atoms.